The molecule has 0 radical (unpaired) electrons. The highest BCUT2D eigenvalue weighted by Gasteiger charge is 2.21. The summed E-state index contributed by atoms with van der Waals surface area (Å²) in [4.78, 5) is 16.8. The molecule has 0 fully saturated rings. The van der Waals surface area contributed by atoms with Crippen LogP contribution in [0.15, 0.2) is 30.3 Å². The number of hydrogen-bond acceptors (Lipinski definition) is 2. The van der Waals surface area contributed by atoms with Crippen molar-refractivity contribution in [3.63, 3.8) is 0 Å². The Morgan fingerprint density at radius 1 is 1.39 bits per heavy atom. The van der Waals surface area contributed by atoms with Crippen LogP contribution in [-0.2, 0) is 0 Å². The van der Waals surface area contributed by atoms with Crippen LogP contribution in [-0.4, -0.2) is 40.1 Å². The molecule has 18 heavy (non-hydrogen) atoms. The number of nitrogens with one attached hydrogen (secondary N) is 1. The van der Waals surface area contributed by atoms with Gasteiger partial charge in [0.1, 0.15) is 5.69 Å². The van der Waals surface area contributed by atoms with Crippen LogP contribution in [0, 0.1) is 0 Å². The maximum absolute atomic E-state index is 12.2. The van der Waals surface area contributed by atoms with Crippen LogP contribution in [0.3, 0.4) is 0 Å². The Kier molecular flexibility index (Phi) is 3.13. The largest absolute Gasteiger partial charge is 0.389 e. The van der Waals surface area contributed by atoms with E-state index in [9.17, 15) is 9.90 Å². The number of nitrogens with zero attached hydrogens (tertiary/aromatic N) is 1. The molecule has 0 saturated heterocycles. The zero-order chi connectivity index (χ0) is 13.3. The number of aliphatic hydroxyl groups is 1. The SMILES string of the molecule is CN(CC(C)(C)O)C(=O)c1cc2ccccc2[nH]1. The maximum Gasteiger partial charge on any atom is 0.270 e. The molecule has 0 atom stereocenters. The second-order valence-corrected chi connectivity index (χ2v) is 5.24. The Balaban J connectivity index is 2.23. The van der Waals surface area contributed by atoms with E-state index in [1.54, 1.807) is 20.9 Å². The molecule has 0 aliphatic carbocycles. The Hall–Kier alpha value is -1.81. The predicted octanol–water partition coefficient (Wildman–Crippen LogP) is 2.01. The predicted molar refractivity (Wildman–Crippen MR) is 71.6 cm³/mol. The lowest BCUT2D eigenvalue weighted by atomic mass is 10.1. The topological polar surface area (TPSA) is 56.3 Å². The third-order valence-corrected chi connectivity index (χ3v) is 2.73. The van der Waals surface area contributed by atoms with E-state index in [4.69, 9.17) is 0 Å². The normalized spacial score (nSPS) is 11.8. The average molecular weight is 246 g/mol. The fraction of sp³-hybridized carbons (Fsp3) is 0.357. The van der Waals surface area contributed by atoms with E-state index in [0.29, 0.717) is 12.2 Å². The molecule has 1 heterocycles. The summed E-state index contributed by atoms with van der Waals surface area (Å²) < 4.78 is 0. The van der Waals surface area contributed by atoms with Crippen molar-refractivity contribution in [2.24, 2.45) is 0 Å². The molecule has 0 spiro atoms. The first-order valence-electron chi connectivity index (χ1n) is 5.92. The quantitative estimate of drug-likeness (QED) is 0.870. The van der Waals surface area contributed by atoms with E-state index in [1.165, 1.54) is 4.90 Å². The zero-order valence-corrected chi connectivity index (χ0v) is 10.9. The Morgan fingerprint density at radius 3 is 2.67 bits per heavy atom. The number of benzene rings is 1. The summed E-state index contributed by atoms with van der Waals surface area (Å²) in [6, 6.07) is 9.58. The van der Waals surface area contributed by atoms with E-state index in [2.05, 4.69) is 4.98 Å². The molecular weight excluding hydrogens is 228 g/mol. The second-order valence-electron chi connectivity index (χ2n) is 5.24. The highest BCUT2D eigenvalue weighted by atomic mass is 16.3. The van der Waals surface area contributed by atoms with E-state index in [-0.39, 0.29) is 5.91 Å². The Labute approximate surface area is 106 Å². The first-order chi connectivity index (χ1) is 8.37. The monoisotopic (exact) mass is 246 g/mol. The second kappa shape index (κ2) is 4.46. The van der Waals surface area contributed by atoms with Crippen LogP contribution in [0.2, 0.25) is 0 Å². The van der Waals surface area contributed by atoms with E-state index in [0.717, 1.165) is 10.9 Å². The molecule has 1 aromatic heterocycles. The first kappa shape index (κ1) is 12.6. The summed E-state index contributed by atoms with van der Waals surface area (Å²) >= 11 is 0. The maximum atomic E-state index is 12.2. The highest BCUT2D eigenvalue weighted by Crippen LogP contribution is 2.16. The third-order valence-electron chi connectivity index (χ3n) is 2.73. The molecule has 0 unspecified atom stereocenters. The van der Waals surface area contributed by atoms with Crippen molar-refractivity contribution in [2.45, 2.75) is 19.4 Å². The van der Waals surface area contributed by atoms with Gasteiger partial charge in [-0.25, -0.2) is 0 Å². The fourth-order valence-corrected chi connectivity index (χ4v) is 2.05. The number of fused-ring (bicyclic) bond motifs is 1. The van der Waals surface area contributed by atoms with Crippen molar-refractivity contribution in [1.29, 1.82) is 0 Å². The van der Waals surface area contributed by atoms with Crippen molar-refractivity contribution in [3.05, 3.63) is 36.0 Å². The van der Waals surface area contributed by atoms with Gasteiger partial charge in [-0.3, -0.25) is 4.79 Å². The van der Waals surface area contributed by atoms with Crippen molar-refractivity contribution >= 4 is 16.8 Å². The lowest BCUT2D eigenvalue weighted by molar-refractivity contribution is 0.0365. The number of carbonyl (C=O) groups excluding carboxylic acids is 1. The third kappa shape index (κ3) is 2.71. The van der Waals surface area contributed by atoms with Gasteiger partial charge in [0.2, 0.25) is 0 Å². The van der Waals surface area contributed by atoms with Gasteiger partial charge in [-0.05, 0) is 26.0 Å². The van der Waals surface area contributed by atoms with Crippen molar-refractivity contribution in [1.82, 2.24) is 9.88 Å². The van der Waals surface area contributed by atoms with E-state index in [1.807, 2.05) is 30.3 Å². The number of aromatic amines is 1. The molecule has 0 bridgehead atoms. The number of para-hydroxylation sites is 1. The molecule has 0 saturated carbocycles. The van der Waals surface area contributed by atoms with Crippen molar-refractivity contribution in [3.8, 4) is 0 Å². The summed E-state index contributed by atoms with van der Waals surface area (Å²) in [7, 11) is 1.69. The summed E-state index contributed by atoms with van der Waals surface area (Å²) in [6.45, 7) is 3.66. The minimum atomic E-state index is -0.892. The summed E-state index contributed by atoms with van der Waals surface area (Å²) in [5.41, 5.74) is 0.594. The minimum Gasteiger partial charge on any atom is -0.389 e. The lowest BCUT2D eigenvalue weighted by Gasteiger charge is -2.25. The molecule has 4 heteroatoms. The van der Waals surface area contributed by atoms with Crippen LogP contribution < -0.4 is 0 Å². The number of H-pyrrole nitrogens is 1. The van der Waals surface area contributed by atoms with Crippen LogP contribution in [0.1, 0.15) is 24.3 Å². The standard InChI is InChI=1S/C14H18N2O2/c1-14(2,18)9-16(3)13(17)12-8-10-6-4-5-7-11(10)15-12/h4-8,15,18H,9H2,1-3H3. The molecule has 2 aromatic rings. The molecule has 1 amide bonds. The van der Waals surface area contributed by atoms with Gasteiger partial charge in [0.15, 0.2) is 0 Å². The number of aromatic nitrogens is 1. The van der Waals surface area contributed by atoms with Crippen molar-refractivity contribution < 1.29 is 9.90 Å². The number of rotatable bonds is 3. The van der Waals surface area contributed by atoms with Crippen LogP contribution in [0.5, 0.6) is 0 Å². The fourth-order valence-electron chi connectivity index (χ4n) is 2.05. The molecular formula is C14H18N2O2. The summed E-state index contributed by atoms with van der Waals surface area (Å²) in [5.74, 6) is -0.117. The van der Waals surface area contributed by atoms with E-state index < -0.39 is 5.60 Å². The average Bonchev–Trinajstić information content (AvgIpc) is 2.68. The van der Waals surface area contributed by atoms with Crippen LogP contribution >= 0.6 is 0 Å². The van der Waals surface area contributed by atoms with Gasteiger partial charge in [-0.1, -0.05) is 18.2 Å². The summed E-state index contributed by atoms with van der Waals surface area (Å²) in [5, 5.41) is 10.7. The highest BCUT2D eigenvalue weighted by molar-refractivity contribution is 5.97. The van der Waals surface area contributed by atoms with E-state index >= 15 is 0 Å². The van der Waals surface area contributed by atoms with Crippen molar-refractivity contribution in [2.75, 3.05) is 13.6 Å². The number of hydrogen-bond donors (Lipinski definition) is 2. The molecule has 2 rings (SSSR count). The van der Waals surface area contributed by atoms with Gasteiger partial charge in [-0.15, -0.1) is 0 Å². The number of amides is 1. The van der Waals surface area contributed by atoms with Gasteiger partial charge < -0.3 is 15.0 Å². The van der Waals surface area contributed by atoms with Gasteiger partial charge >= 0.3 is 0 Å². The first-order valence-corrected chi connectivity index (χ1v) is 5.92. The number of likely N-dealkylation sites (N-methyl/N-ethyl adjacent to an activating group) is 1. The van der Waals surface area contributed by atoms with Crippen LogP contribution in [0.25, 0.3) is 10.9 Å². The molecule has 1 aromatic carbocycles. The van der Waals surface area contributed by atoms with Gasteiger partial charge in [-0.2, -0.15) is 0 Å². The Bertz CT molecular complexity index is 533. The Morgan fingerprint density at radius 2 is 2.06 bits per heavy atom. The molecule has 0 aliphatic heterocycles. The zero-order valence-electron chi connectivity index (χ0n) is 10.9. The van der Waals surface area contributed by atoms with Gasteiger partial charge in [0, 0.05) is 24.5 Å². The lowest BCUT2D eigenvalue weighted by Crippen LogP contribution is -2.39. The minimum absolute atomic E-state index is 0.117. The van der Waals surface area contributed by atoms with Gasteiger partial charge in [0.25, 0.3) is 5.91 Å². The molecule has 2 N–H and O–H groups in total. The molecule has 96 valence electrons. The van der Waals surface area contributed by atoms with Gasteiger partial charge in [0.05, 0.1) is 5.60 Å². The van der Waals surface area contributed by atoms with Crippen LogP contribution in [0.4, 0.5) is 0 Å². The smallest absolute Gasteiger partial charge is 0.270 e. The molecule has 4 nitrogen and oxygen atoms in total. The molecule has 0 aliphatic rings. The number of carbonyl (C=O) groups is 1. The summed E-state index contributed by atoms with van der Waals surface area (Å²) in [6.07, 6.45) is 0.